The minimum atomic E-state index is -0.833. The zero-order chi connectivity index (χ0) is 21.8. The van der Waals surface area contributed by atoms with Crippen LogP contribution in [0.3, 0.4) is 0 Å². The van der Waals surface area contributed by atoms with Crippen LogP contribution in [0.25, 0.3) is 11.1 Å². The summed E-state index contributed by atoms with van der Waals surface area (Å²) in [7, 11) is 0. The molecule has 0 radical (unpaired) electrons. The molecule has 1 heterocycles. The quantitative estimate of drug-likeness (QED) is 0.605. The molecule has 0 aromatic heterocycles. The van der Waals surface area contributed by atoms with Gasteiger partial charge in [-0.25, -0.2) is 0 Å². The van der Waals surface area contributed by atoms with E-state index in [1.54, 1.807) is 0 Å². The number of carbonyl (C=O) groups excluding carboxylic acids is 1. The van der Waals surface area contributed by atoms with Gasteiger partial charge in [-0.05, 0) is 42.3 Å². The molecule has 1 amide bonds. The smallest absolute Gasteiger partial charge is 0.300 e. The maximum absolute atomic E-state index is 12.1. The zero-order valence-electron chi connectivity index (χ0n) is 17.7. The van der Waals surface area contributed by atoms with Gasteiger partial charge in [-0.15, -0.1) is 0 Å². The summed E-state index contributed by atoms with van der Waals surface area (Å²) in [6.45, 7) is 8.87. The molecular weight excluding hydrogens is 382 g/mol. The van der Waals surface area contributed by atoms with Crippen LogP contribution in [-0.2, 0) is 9.53 Å². The van der Waals surface area contributed by atoms with E-state index >= 15 is 0 Å². The Morgan fingerprint density at radius 2 is 1.77 bits per heavy atom. The monoisotopic (exact) mass is 413 g/mol. The van der Waals surface area contributed by atoms with E-state index in [0.717, 1.165) is 38.7 Å². The maximum Gasteiger partial charge on any atom is 0.300 e. The molecule has 0 unspecified atom stereocenters. The minimum Gasteiger partial charge on any atom is -0.481 e. The van der Waals surface area contributed by atoms with Gasteiger partial charge in [-0.3, -0.25) is 9.59 Å². The molecule has 1 fully saturated rings. The minimum absolute atomic E-state index is 0.0641. The first-order valence-corrected chi connectivity index (χ1v) is 10.2. The topological polar surface area (TPSA) is 90.9 Å². The summed E-state index contributed by atoms with van der Waals surface area (Å²) in [5.74, 6) is -0.897. The number of carboxylic acid groups (broad SMARTS) is 1. The highest BCUT2D eigenvalue weighted by molar-refractivity contribution is 5.94. The standard InChI is InChI=1S/C21H27N3O2.C2H4O2/c1-2-26-15-12-23-21(25)18-8-6-17(7-9-18)19-4-3-5-20(16-19)24-13-10-22-11-14-24;1-2(3)4/h3-9,16,22H,2,10-15H2,1H3,(H,23,25);1H3,(H,3,4). The lowest BCUT2D eigenvalue weighted by atomic mass is 10.0. The average molecular weight is 414 g/mol. The normalized spacial score (nSPS) is 13.2. The molecule has 3 N–H and O–H groups in total. The molecule has 0 bridgehead atoms. The summed E-state index contributed by atoms with van der Waals surface area (Å²) in [5, 5.41) is 13.7. The number of aliphatic carboxylic acids is 1. The Morgan fingerprint density at radius 1 is 1.10 bits per heavy atom. The highest BCUT2D eigenvalue weighted by Gasteiger charge is 2.11. The second-order valence-electron chi connectivity index (χ2n) is 6.84. The van der Waals surface area contributed by atoms with Crippen molar-refractivity contribution in [3.05, 3.63) is 54.1 Å². The van der Waals surface area contributed by atoms with Crippen molar-refractivity contribution in [1.82, 2.24) is 10.6 Å². The lowest BCUT2D eigenvalue weighted by molar-refractivity contribution is -0.134. The van der Waals surface area contributed by atoms with E-state index in [4.69, 9.17) is 14.6 Å². The third-order valence-corrected chi connectivity index (χ3v) is 4.54. The molecule has 0 atom stereocenters. The third-order valence-electron chi connectivity index (χ3n) is 4.54. The Balaban J connectivity index is 0.000000735. The molecule has 0 spiro atoms. The van der Waals surface area contributed by atoms with Crippen molar-refractivity contribution in [2.24, 2.45) is 0 Å². The Labute approximate surface area is 178 Å². The number of anilines is 1. The number of rotatable bonds is 7. The molecule has 3 rings (SSSR count). The fourth-order valence-electron chi connectivity index (χ4n) is 3.10. The molecule has 1 aliphatic rings. The molecule has 2 aromatic rings. The summed E-state index contributed by atoms with van der Waals surface area (Å²) in [6, 6.07) is 16.4. The predicted molar refractivity (Wildman–Crippen MR) is 119 cm³/mol. The number of hydrogen-bond acceptors (Lipinski definition) is 5. The molecule has 7 heteroatoms. The van der Waals surface area contributed by atoms with Gasteiger partial charge in [0.1, 0.15) is 0 Å². The van der Waals surface area contributed by atoms with E-state index in [0.29, 0.717) is 25.3 Å². The Morgan fingerprint density at radius 3 is 2.40 bits per heavy atom. The van der Waals surface area contributed by atoms with Crippen molar-refractivity contribution in [3.63, 3.8) is 0 Å². The summed E-state index contributed by atoms with van der Waals surface area (Å²) >= 11 is 0. The highest BCUT2D eigenvalue weighted by Crippen LogP contribution is 2.25. The van der Waals surface area contributed by atoms with Crippen LogP contribution in [0, 0.1) is 0 Å². The first kappa shape index (κ1) is 23.4. The van der Waals surface area contributed by atoms with Gasteiger partial charge in [0.2, 0.25) is 0 Å². The second kappa shape index (κ2) is 12.6. The van der Waals surface area contributed by atoms with Crippen LogP contribution in [0.2, 0.25) is 0 Å². The van der Waals surface area contributed by atoms with Crippen LogP contribution < -0.4 is 15.5 Å². The van der Waals surface area contributed by atoms with Crippen molar-refractivity contribution >= 4 is 17.6 Å². The zero-order valence-corrected chi connectivity index (χ0v) is 17.7. The fraction of sp³-hybridized carbons (Fsp3) is 0.391. The number of benzene rings is 2. The maximum atomic E-state index is 12.1. The van der Waals surface area contributed by atoms with Crippen LogP contribution in [0.5, 0.6) is 0 Å². The lowest BCUT2D eigenvalue weighted by Crippen LogP contribution is -2.43. The molecule has 30 heavy (non-hydrogen) atoms. The molecular formula is C23H31N3O4. The van der Waals surface area contributed by atoms with Crippen molar-refractivity contribution in [2.45, 2.75) is 13.8 Å². The van der Waals surface area contributed by atoms with Crippen LogP contribution in [0.15, 0.2) is 48.5 Å². The van der Waals surface area contributed by atoms with Crippen molar-refractivity contribution in [1.29, 1.82) is 0 Å². The van der Waals surface area contributed by atoms with Crippen LogP contribution in [-0.4, -0.2) is 62.9 Å². The predicted octanol–water partition coefficient (Wildman–Crippen LogP) is 2.62. The number of nitrogens with one attached hydrogen (secondary N) is 2. The van der Waals surface area contributed by atoms with Gasteiger partial charge in [-0.1, -0.05) is 24.3 Å². The van der Waals surface area contributed by atoms with Crippen LogP contribution in [0.4, 0.5) is 5.69 Å². The largest absolute Gasteiger partial charge is 0.481 e. The van der Waals surface area contributed by atoms with Gasteiger partial charge in [0.25, 0.3) is 11.9 Å². The lowest BCUT2D eigenvalue weighted by Gasteiger charge is -2.29. The molecule has 0 aliphatic carbocycles. The summed E-state index contributed by atoms with van der Waals surface area (Å²) in [6.07, 6.45) is 0. The Bertz CT molecular complexity index is 798. The highest BCUT2D eigenvalue weighted by atomic mass is 16.5. The first-order valence-electron chi connectivity index (χ1n) is 10.2. The number of ether oxygens (including phenoxy) is 1. The van der Waals surface area contributed by atoms with E-state index in [1.165, 1.54) is 11.3 Å². The number of amides is 1. The summed E-state index contributed by atoms with van der Waals surface area (Å²) in [5.41, 5.74) is 4.21. The van der Waals surface area contributed by atoms with Gasteiger partial charge in [0, 0.05) is 57.5 Å². The van der Waals surface area contributed by atoms with Crippen molar-refractivity contribution < 1.29 is 19.4 Å². The van der Waals surface area contributed by atoms with Gasteiger partial charge in [-0.2, -0.15) is 0 Å². The molecule has 7 nitrogen and oxygen atoms in total. The van der Waals surface area contributed by atoms with Crippen LogP contribution >= 0.6 is 0 Å². The number of carbonyl (C=O) groups is 2. The average Bonchev–Trinajstić information content (AvgIpc) is 2.77. The molecule has 1 aliphatic heterocycles. The van der Waals surface area contributed by atoms with E-state index in [2.05, 4.69) is 39.8 Å². The fourth-order valence-corrected chi connectivity index (χ4v) is 3.10. The Hall–Kier alpha value is -2.90. The number of hydrogen-bond donors (Lipinski definition) is 3. The van der Waals surface area contributed by atoms with Gasteiger partial charge < -0.3 is 25.4 Å². The van der Waals surface area contributed by atoms with E-state index < -0.39 is 5.97 Å². The van der Waals surface area contributed by atoms with E-state index in [9.17, 15) is 4.79 Å². The number of carboxylic acids is 1. The third kappa shape index (κ3) is 7.85. The van der Waals surface area contributed by atoms with Crippen molar-refractivity contribution in [2.75, 3.05) is 50.8 Å². The SMILES string of the molecule is CC(=O)O.CCOCCNC(=O)c1ccc(-c2cccc(N3CCNCC3)c2)cc1. The summed E-state index contributed by atoms with van der Waals surface area (Å²) in [4.78, 5) is 23.5. The van der Waals surface area contributed by atoms with E-state index in [1.807, 2.05) is 31.2 Å². The molecule has 162 valence electrons. The number of nitrogens with zero attached hydrogens (tertiary/aromatic N) is 1. The van der Waals surface area contributed by atoms with Gasteiger partial charge >= 0.3 is 0 Å². The van der Waals surface area contributed by atoms with Crippen molar-refractivity contribution in [3.8, 4) is 11.1 Å². The first-order chi connectivity index (χ1) is 14.5. The van der Waals surface area contributed by atoms with Crippen LogP contribution in [0.1, 0.15) is 24.2 Å². The summed E-state index contributed by atoms with van der Waals surface area (Å²) < 4.78 is 5.24. The molecule has 0 saturated carbocycles. The van der Waals surface area contributed by atoms with Gasteiger partial charge in [0.05, 0.1) is 6.61 Å². The number of piperazine rings is 1. The molecule has 2 aromatic carbocycles. The molecule has 1 saturated heterocycles. The Kier molecular flexibility index (Phi) is 9.83. The van der Waals surface area contributed by atoms with E-state index in [-0.39, 0.29) is 5.91 Å². The van der Waals surface area contributed by atoms with Gasteiger partial charge in [0.15, 0.2) is 0 Å². The second-order valence-corrected chi connectivity index (χ2v) is 6.84.